The molecule has 0 bridgehead atoms. The highest BCUT2D eigenvalue weighted by molar-refractivity contribution is 5.80. The van der Waals surface area contributed by atoms with E-state index >= 15 is 0 Å². The number of carboxylic acid groups (broad SMARTS) is 1. The fourth-order valence-electron chi connectivity index (χ4n) is 2.74. The van der Waals surface area contributed by atoms with Crippen molar-refractivity contribution in [1.82, 2.24) is 5.16 Å². The molecule has 5 nitrogen and oxygen atoms in total. The lowest BCUT2D eigenvalue weighted by Crippen LogP contribution is -2.33. The molecule has 1 aliphatic heterocycles. The van der Waals surface area contributed by atoms with Gasteiger partial charge in [-0.3, -0.25) is 4.79 Å². The predicted octanol–water partition coefficient (Wildman–Crippen LogP) is 2.56. The Morgan fingerprint density at radius 3 is 3.00 bits per heavy atom. The Kier molecular flexibility index (Phi) is 3.18. The van der Waals surface area contributed by atoms with E-state index in [2.05, 4.69) is 10.1 Å². The molecule has 0 spiro atoms. The maximum atomic E-state index is 11.3. The summed E-state index contributed by atoms with van der Waals surface area (Å²) in [6.07, 6.45) is 0.614. The topological polar surface area (TPSA) is 66.6 Å². The molecule has 0 radical (unpaired) electrons. The summed E-state index contributed by atoms with van der Waals surface area (Å²) in [6.45, 7) is 3.21. The Balaban J connectivity index is 1.90. The zero-order valence-electron chi connectivity index (χ0n) is 11.2. The second-order valence-corrected chi connectivity index (χ2v) is 5.09. The van der Waals surface area contributed by atoms with Crippen LogP contribution in [-0.4, -0.2) is 22.8 Å². The van der Waals surface area contributed by atoms with E-state index in [0.29, 0.717) is 19.5 Å². The number of aliphatic carboxylic acids is 1. The smallest absolute Gasteiger partial charge is 0.311 e. The summed E-state index contributed by atoms with van der Waals surface area (Å²) in [4.78, 5) is 13.5. The molecule has 0 amide bonds. The van der Waals surface area contributed by atoms with Gasteiger partial charge in [0.1, 0.15) is 11.5 Å². The van der Waals surface area contributed by atoms with Crippen LogP contribution in [0.15, 0.2) is 34.9 Å². The van der Waals surface area contributed by atoms with Gasteiger partial charge >= 0.3 is 5.97 Å². The van der Waals surface area contributed by atoms with Crippen LogP contribution in [0.3, 0.4) is 0 Å². The Morgan fingerprint density at radius 1 is 1.50 bits per heavy atom. The molecule has 0 fully saturated rings. The number of aromatic nitrogens is 1. The molecular formula is C15H16N2O3. The van der Waals surface area contributed by atoms with Gasteiger partial charge in [0.15, 0.2) is 0 Å². The number of carbonyl (C=O) groups is 1. The maximum Gasteiger partial charge on any atom is 0.311 e. The molecule has 1 aliphatic rings. The lowest BCUT2D eigenvalue weighted by atomic mass is 9.90. The van der Waals surface area contributed by atoms with Gasteiger partial charge in [0, 0.05) is 18.3 Å². The average molecular weight is 272 g/mol. The molecule has 20 heavy (non-hydrogen) atoms. The van der Waals surface area contributed by atoms with Crippen LogP contribution in [0.25, 0.3) is 0 Å². The summed E-state index contributed by atoms with van der Waals surface area (Å²) < 4.78 is 5.08. The number of rotatable bonds is 3. The molecule has 1 unspecified atom stereocenters. The Bertz CT molecular complexity index is 636. The number of hydrogen-bond donors (Lipinski definition) is 1. The highest BCUT2D eigenvalue weighted by atomic mass is 16.5. The lowest BCUT2D eigenvalue weighted by molar-refractivity contribution is -0.139. The van der Waals surface area contributed by atoms with Crippen LogP contribution in [0, 0.1) is 6.92 Å². The second-order valence-electron chi connectivity index (χ2n) is 5.09. The first kappa shape index (κ1) is 12.7. The van der Waals surface area contributed by atoms with Crippen molar-refractivity contribution in [3.05, 3.63) is 47.3 Å². The van der Waals surface area contributed by atoms with Crippen molar-refractivity contribution in [1.29, 1.82) is 0 Å². The molecule has 0 aliphatic carbocycles. The van der Waals surface area contributed by atoms with Crippen LogP contribution in [-0.2, 0) is 11.3 Å². The fraction of sp³-hybridized carbons (Fsp3) is 0.333. The zero-order chi connectivity index (χ0) is 14.1. The number of para-hydroxylation sites is 1. The van der Waals surface area contributed by atoms with E-state index < -0.39 is 11.9 Å². The van der Waals surface area contributed by atoms with Crippen molar-refractivity contribution in [3.63, 3.8) is 0 Å². The van der Waals surface area contributed by atoms with E-state index in [9.17, 15) is 9.90 Å². The summed E-state index contributed by atoms with van der Waals surface area (Å²) >= 11 is 0. The maximum absolute atomic E-state index is 11.3. The minimum Gasteiger partial charge on any atom is -0.481 e. The first-order valence-corrected chi connectivity index (χ1v) is 6.64. The molecule has 5 heteroatoms. The normalized spacial score (nSPS) is 17.9. The number of nitrogens with zero attached hydrogens (tertiary/aromatic N) is 2. The number of hydrogen-bond acceptors (Lipinski definition) is 4. The first-order valence-electron chi connectivity index (χ1n) is 6.64. The number of benzene rings is 1. The van der Waals surface area contributed by atoms with Gasteiger partial charge in [-0.05, 0) is 25.0 Å². The van der Waals surface area contributed by atoms with Crippen molar-refractivity contribution in [3.8, 4) is 0 Å². The SMILES string of the molecule is Cc1cc(CN2CCC(C(=O)O)c3ccccc32)no1. The van der Waals surface area contributed by atoms with E-state index in [1.807, 2.05) is 37.3 Å². The van der Waals surface area contributed by atoms with Crippen LogP contribution in [0.4, 0.5) is 5.69 Å². The number of anilines is 1. The minimum atomic E-state index is -0.755. The monoisotopic (exact) mass is 272 g/mol. The Hall–Kier alpha value is -2.30. The first-order chi connectivity index (χ1) is 9.65. The predicted molar refractivity (Wildman–Crippen MR) is 73.7 cm³/mol. The van der Waals surface area contributed by atoms with Crippen LogP contribution in [0.1, 0.15) is 29.4 Å². The van der Waals surface area contributed by atoms with Gasteiger partial charge in [-0.1, -0.05) is 23.4 Å². The molecular weight excluding hydrogens is 256 g/mol. The zero-order valence-corrected chi connectivity index (χ0v) is 11.2. The molecule has 0 saturated carbocycles. The summed E-state index contributed by atoms with van der Waals surface area (Å²) in [5.74, 6) is -0.385. The van der Waals surface area contributed by atoms with Crippen LogP contribution >= 0.6 is 0 Å². The summed E-state index contributed by atoms with van der Waals surface area (Å²) in [5.41, 5.74) is 2.73. The van der Waals surface area contributed by atoms with E-state index in [1.54, 1.807) is 0 Å². The molecule has 1 atom stereocenters. The second kappa shape index (κ2) is 5.00. The molecule has 2 aromatic rings. The Labute approximate surface area is 116 Å². The molecule has 2 heterocycles. The summed E-state index contributed by atoms with van der Waals surface area (Å²) in [7, 11) is 0. The number of fused-ring (bicyclic) bond motifs is 1. The van der Waals surface area contributed by atoms with Gasteiger partial charge in [-0.15, -0.1) is 0 Å². The number of carboxylic acids is 1. The third-order valence-corrected chi connectivity index (χ3v) is 3.67. The Morgan fingerprint density at radius 2 is 2.30 bits per heavy atom. The molecule has 3 rings (SSSR count). The van der Waals surface area contributed by atoms with Crippen molar-refractivity contribution in [2.45, 2.75) is 25.8 Å². The molecule has 0 saturated heterocycles. The van der Waals surface area contributed by atoms with Crippen molar-refractivity contribution in [2.24, 2.45) is 0 Å². The van der Waals surface area contributed by atoms with E-state index in [-0.39, 0.29) is 0 Å². The fourth-order valence-corrected chi connectivity index (χ4v) is 2.74. The number of aryl methyl sites for hydroxylation is 1. The van der Waals surface area contributed by atoms with Gasteiger partial charge in [0.25, 0.3) is 0 Å². The van der Waals surface area contributed by atoms with Gasteiger partial charge in [0.05, 0.1) is 12.5 Å². The van der Waals surface area contributed by atoms with Gasteiger partial charge in [0.2, 0.25) is 0 Å². The molecule has 1 aromatic heterocycles. The largest absolute Gasteiger partial charge is 0.481 e. The minimum absolute atomic E-state index is 0.415. The third kappa shape index (κ3) is 2.27. The standard InChI is InChI=1S/C15H16N2O3/c1-10-8-11(16-20-10)9-17-7-6-13(15(18)19)12-4-2-3-5-14(12)17/h2-5,8,13H,6-7,9H2,1H3,(H,18,19). The van der Waals surface area contributed by atoms with Gasteiger partial charge < -0.3 is 14.5 Å². The lowest BCUT2D eigenvalue weighted by Gasteiger charge is -2.33. The highest BCUT2D eigenvalue weighted by Crippen LogP contribution is 2.35. The molecule has 1 aromatic carbocycles. The van der Waals surface area contributed by atoms with Crippen molar-refractivity contribution >= 4 is 11.7 Å². The third-order valence-electron chi connectivity index (χ3n) is 3.67. The van der Waals surface area contributed by atoms with Crippen LogP contribution < -0.4 is 4.90 Å². The molecule has 104 valence electrons. The molecule has 1 N–H and O–H groups in total. The van der Waals surface area contributed by atoms with Gasteiger partial charge in [-0.25, -0.2) is 0 Å². The quantitative estimate of drug-likeness (QED) is 0.930. The van der Waals surface area contributed by atoms with Crippen LogP contribution in [0.5, 0.6) is 0 Å². The summed E-state index contributed by atoms with van der Waals surface area (Å²) in [6, 6.07) is 9.60. The van der Waals surface area contributed by atoms with Crippen molar-refractivity contribution < 1.29 is 14.4 Å². The van der Waals surface area contributed by atoms with Crippen LogP contribution in [0.2, 0.25) is 0 Å². The van der Waals surface area contributed by atoms with Gasteiger partial charge in [-0.2, -0.15) is 0 Å². The van der Waals surface area contributed by atoms with E-state index in [4.69, 9.17) is 4.52 Å². The highest BCUT2D eigenvalue weighted by Gasteiger charge is 2.29. The van der Waals surface area contributed by atoms with Crippen molar-refractivity contribution in [2.75, 3.05) is 11.4 Å². The van der Waals surface area contributed by atoms with E-state index in [0.717, 1.165) is 22.7 Å². The van der Waals surface area contributed by atoms with E-state index in [1.165, 1.54) is 0 Å². The average Bonchev–Trinajstić information content (AvgIpc) is 2.84. The summed E-state index contributed by atoms with van der Waals surface area (Å²) in [5, 5.41) is 13.3.